The van der Waals surface area contributed by atoms with Gasteiger partial charge in [-0.25, -0.2) is 4.98 Å². The molecule has 1 aliphatic heterocycles. The normalized spacial score (nSPS) is 15.3. The molecule has 32 heavy (non-hydrogen) atoms. The van der Waals surface area contributed by atoms with E-state index in [9.17, 15) is 14.4 Å². The lowest BCUT2D eigenvalue weighted by molar-refractivity contribution is -0.118. The first-order valence-corrected chi connectivity index (χ1v) is 10.0. The molecule has 3 aromatic rings. The maximum Gasteiger partial charge on any atom is 0.254 e. The van der Waals surface area contributed by atoms with E-state index in [4.69, 9.17) is 4.74 Å². The van der Waals surface area contributed by atoms with Crippen molar-refractivity contribution in [2.75, 3.05) is 17.7 Å². The Morgan fingerprint density at radius 1 is 1.16 bits per heavy atom. The van der Waals surface area contributed by atoms with E-state index in [2.05, 4.69) is 31.1 Å². The molecule has 4 N–H and O–H groups in total. The zero-order chi connectivity index (χ0) is 22.5. The molecule has 2 aromatic carbocycles. The zero-order valence-electron chi connectivity index (χ0n) is 17.3. The van der Waals surface area contributed by atoms with Gasteiger partial charge in [0.05, 0.1) is 11.3 Å². The molecule has 0 saturated carbocycles. The smallest absolute Gasteiger partial charge is 0.254 e. The second-order valence-corrected chi connectivity index (χ2v) is 7.27. The molecule has 0 spiro atoms. The Morgan fingerprint density at radius 3 is 2.84 bits per heavy atom. The molecule has 1 atom stereocenters. The lowest BCUT2D eigenvalue weighted by atomic mass is 10.1. The standard InChI is InChI=1S/C22H22N6O4/c1-32-12-18-26-20(28-27-18)13-5-4-6-14(11-13)23-19(29)10-9-17-22(31)24-16-8-3-2-7-15(16)21(30)25-17/h2-8,11,17H,9-10,12H2,1H3,(H,23,29)(H,24,31)(H,25,30)(H,26,27,28)/t17-/m1/s1. The summed E-state index contributed by atoms with van der Waals surface area (Å²) in [5.74, 6) is 0.111. The third-order valence-electron chi connectivity index (χ3n) is 4.93. The number of benzene rings is 2. The van der Waals surface area contributed by atoms with Crippen molar-refractivity contribution in [2.45, 2.75) is 25.5 Å². The molecule has 3 amide bonds. The average Bonchev–Trinajstić information content (AvgIpc) is 3.21. The van der Waals surface area contributed by atoms with Crippen molar-refractivity contribution in [2.24, 2.45) is 0 Å². The SMILES string of the molecule is COCc1nc(-c2cccc(NC(=O)CC[C@H]3NC(=O)c4ccccc4NC3=O)c2)n[nH]1. The Kier molecular flexibility index (Phi) is 6.22. The van der Waals surface area contributed by atoms with E-state index < -0.39 is 6.04 Å². The molecule has 164 valence electrons. The predicted molar refractivity (Wildman–Crippen MR) is 117 cm³/mol. The molecule has 0 unspecified atom stereocenters. The van der Waals surface area contributed by atoms with Crippen LogP contribution in [-0.2, 0) is 20.9 Å². The molecule has 1 aromatic heterocycles. The number of H-pyrrole nitrogens is 1. The van der Waals surface area contributed by atoms with Gasteiger partial charge in [-0.05, 0) is 30.7 Å². The topological polar surface area (TPSA) is 138 Å². The van der Waals surface area contributed by atoms with Gasteiger partial charge in [0.1, 0.15) is 12.6 Å². The van der Waals surface area contributed by atoms with Crippen LogP contribution in [-0.4, -0.2) is 46.1 Å². The van der Waals surface area contributed by atoms with Gasteiger partial charge in [0.2, 0.25) is 11.8 Å². The first-order valence-electron chi connectivity index (χ1n) is 10.0. The van der Waals surface area contributed by atoms with Crippen molar-refractivity contribution in [3.8, 4) is 11.4 Å². The van der Waals surface area contributed by atoms with Crippen LogP contribution in [0.2, 0.25) is 0 Å². The lowest BCUT2D eigenvalue weighted by Crippen LogP contribution is -2.41. The number of fused-ring (bicyclic) bond motifs is 1. The summed E-state index contributed by atoms with van der Waals surface area (Å²) in [5, 5.41) is 15.2. The van der Waals surface area contributed by atoms with Crippen LogP contribution in [0.5, 0.6) is 0 Å². The summed E-state index contributed by atoms with van der Waals surface area (Å²) in [6.45, 7) is 0.319. The average molecular weight is 434 g/mol. The number of rotatable bonds is 7. The summed E-state index contributed by atoms with van der Waals surface area (Å²) in [7, 11) is 1.57. The number of hydrogen-bond donors (Lipinski definition) is 4. The summed E-state index contributed by atoms with van der Waals surface area (Å²) in [6.07, 6.45) is 0.218. The van der Waals surface area contributed by atoms with Crippen LogP contribution in [0.3, 0.4) is 0 Å². The number of amides is 3. The second kappa shape index (κ2) is 9.40. The molecule has 0 fully saturated rings. The van der Waals surface area contributed by atoms with E-state index in [-0.39, 0.29) is 30.6 Å². The van der Waals surface area contributed by atoms with Crippen molar-refractivity contribution in [3.05, 3.63) is 59.9 Å². The molecule has 0 saturated heterocycles. The number of carbonyl (C=O) groups is 3. The lowest BCUT2D eigenvalue weighted by Gasteiger charge is -2.14. The van der Waals surface area contributed by atoms with Gasteiger partial charge >= 0.3 is 0 Å². The quantitative estimate of drug-likeness (QED) is 0.449. The molecule has 10 heteroatoms. The summed E-state index contributed by atoms with van der Waals surface area (Å²) in [5.41, 5.74) is 2.16. The molecule has 0 aliphatic carbocycles. The van der Waals surface area contributed by atoms with E-state index in [0.717, 1.165) is 5.56 Å². The molecule has 2 heterocycles. The van der Waals surface area contributed by atoms with Gasteiger partial charge in [-0.1, -0.05) is 24.3 Å². The Morgan fingerprint density at radius 2 is 2.00 bits per heavy atom. The third-order valence-corrected chi connectivity index (χ3v) is 4.93. The Labute approximate surface area is 183 Å². The first-order chi connectivity index (χ1) is 15.5. The minimum atomic E-state index is -0.806. The van der Waals surface area contributed by atoms with Crippen LogP contribution >= 0.6 is 0 Å². The zero-order valence-corrected chi connectivity index (χ0v) is 17.3. The molecule has 4 rings (SSSR count). The number of hydrogen-bond acceptors (Lipinski definition) is 6. The van der Waals surface area contributed by atoms with E-state index in [1.807, 2.05) is 6.07 Å². The third kappa shape index (κ3) is 4.81. The fourth-order valence-electron chi connectivity index (χ4n) is 3.38. The maximum atomic E-state index is 12.5. The number of para-hydroxylation sites is 1. The van der Waals surface area contributed by atoms with E-state index in [0.29, 0.717) is 35.2 Å². The van der Waals surface area contributed by atoms with Gasteiger partial charge in [-0.2, -0.15) is 5.10 Å². The number of ether oxygens (including phenoxy) is 1. The molecular weight excluding hydrogens is 412 g/mol. The van der Waals surface area contributed by atoms with Crippen molar-refractivity contribution < 1.29 is 19.1 Å². The first kappa shape index (κ1) is 21.2. The summed E-state index contributed by atoms with van der Waals surface area (Å²) in [6, 6.07) is 13.1. The predicted octanol–water partition coefficient (Wildman–Crippen LogP) is 2.09. The summed E-state index contributed by atoms with van der Waals surface area (Å²) >= 11 is 0. The number of nitrogens with one attached hydrogen (secondary N) is 4. The van der Waals surface area contributed by atoms with Crippen molar-refractivity contribution in [1.82, 2.24) is 20.5 Å². The molecule has 0 radical (unpaired) electrons. The number of carbonyl (C=O) groups excluding carboxylic acids is 3. The minimum absolute atomic E-state index is 0.0532. The Balaban J connectivity index is 1.36. The largest absolute Gasteiger partial charge is 0.377 e. The fourth-order valence-corrected chi connectivity index (χ4v) is 3.38. The van der Waals surface area contributed by atoms with Crippen molar-refractivity contribution in [1.29, 1.82) is 0 Å². The fraction of sp³-hybridized carbons (Fsp3) is 0.227. The van der Waals surface area contributed by atoms with Crippen LogP contribution in [0, 0.1) is 0 Å². The number of aromatic amines is 1. The number of anilines is 2. The van der Waals surface area contributed by atoms with Gasteiger partial charge in [0.25, 0.3) is 5.91 Å². The number of nitrogens with zero attached hydrogens (tertiary/aromatic N) is 2. The Hall–Kier alpha value is -4.05. The van der Waals surface area contributed by atoms with E-state index in [1.54, 1.807) is 49.6 Å². The maximum absolute atomic E-state index is 12.5. The monoisotopic (exact) mass is 434 g/mol. The highest BCUT2D eigenvalue weighted by atomic mass is 16.5. The highest BCUT2D eigenvalue weighted by molar-refractivity contribution is 6.10. The van der Waals surface area contributed by atoms with Gasteiger partial charge < -0.3 is 20.7 Å². The van der Waals surface area contributed by atoms with Crippen molar-refractivity contribution >= 4 is 29.1 Å². The van der Waals surface area contributed by atoms with Gasteiger partial charge in [-0.3, -0.25) is 19.5 Å². The van der Waals surface area contributed by atoms with Crippen LogP contribution in [0.4, 0.5) is 11.4 Å². The highest BCUT2D eigenvalue weighted by Gasteiger charge is 2.27. The van der Waals surface area contributed by atoms with Crippen LogP contribution < -0.4 is 16.0 Å². The molecule has 1 aliphatic rings. The Bertz CT molecular complexity index is 1160. The number of methoxy groups -OCH3 is 1. The van der Waals surface area contributed by atoms with Gasteiger partial charge in [0.15, 0.2) is 11.6 Å². The number of aromatic nitrogens is 3. The van der Waals surface area contributed by atoms with Gasteiger partial charge in [0, 0.05) is 24.8 Å². The summed E-state index contributed by atoms with van der Waals surface area (Å²) < 4.78 is 5.03. The molecule has 0 bridgehead atoms. The van der Waals surface area contributed by atoms with E-state index >= 15 is 0 Å². The molecular formula is C22H22N6O4. The second-order valence-electron chi connectivity index (χ2n) is 7.27. The van der Waals surface area contributed by atoms with Crippen LogP contribution in [0.1, 0.15) is 29.0 Å². The van der Waals surface area contributed by atoms with Crippen molar-refractivity contribution in [3.63, 3.8) is 0 Å². The summed E-state index contributed by atoms with van der Waals surface area (Å²) in [4.78, 5) is 41.7. The minimum Gasteiger partial charge on any atom is -0.377 e. The van der Waals surface area contributed by atoms with E-state index in [1.165, 1.54) is 0 Å². The van der Waals surface area contributed by atoms with Crippen LogP contribution in [0.15, 0.2) is 48.5 Å². The molecule has 10 nitrogen and oxygen atoms in total. The highest BCUT2D eigenvalue weighted by Crippen LogP contribution is 2.21. The van der Waals surface area contributed by atoms with Gasteiger partial charge in [-0.15, -0.1) is 0 Å². The van der Waals surface area contributed by atoms with Crippen LogP contribution in [0.25, 0.3) is 11.4 Å².